The van der Waals surface area contributed by atoms with E-state index in [0.717, 1.165) is 10.9 Å². The average Bonchev–Trinajstić information content (AvgIpc) is 2.96. The molecule has 3 rings (SSSR count). The smallest absolute Gasteiger partial charge is 0.358 e. The molecule has 0 amide bonds. The number of hydrogen-bond acceptors (Lipinski definition) is 1. The highest BCUT2D eigenvalue weighted by Crippen LogP contribution is 2.39. The molecule has 1 N–H and O–H groups in total. The van der Waals surface area contributed by atoms with E-state index < -0.39 is 17.5 Å². The van der Waals surface area contributed by atoms with Gasteiger partial charge in [0.15, 0.2) is 0 Å². The Morgan fingerprint density at radius 3 is 2.40 bits per heavy atom. The lowest BCUT2D eigenvalue weighted by Gasteiger charge is -2.30. The van der Waals surface area contributed by atoms with E-state index in [9.17, 15) is 13.2 Å². The number of rotatable bonds is 5. The summed E-state index contributed by atoms with van der Waals surface area (Å²) in [5.41, 5.74) is 1.50. The first-order chi connectivity index (χ1) is 11.8. The van der Waals surface area contributed by atoms with Crippen molar-refractivity contribution < 1.29 is 13.2 Å². The summed E-state index contributed by atoms with van der Waals surface area (Å²) in [6, 6.07) is 14.7. The van der Waals surface area contributed by atoms with E-state index in [4.69, 9.17) is 0 Å². The fraction of sp³-hybridized carbons (Fsp3) is 0.350. The van der Waals surface area contributed by atoms with Crippen LogP contribution in [0.4, 0.5) is 13.2 Å². The molecule has 1 aromatic carbocycles. The molecule has 1 atom stereocenters. The molecule has 25 heavy (non-hydrogen) atoms. The summed E-state index contributed by atoms with van der Waals surface area (Å²) in [7, 11) is 0. The summed E-state index contributed by atoms with van der Waals surface area (Å²) in [6.45, 7) is 3.64. The molecular weight excluding hydrogens is 325 g/mol. The zero-order valence-electron chi connectivity index (χ0n) is 14.3. The van der Waals surface area contributed by atoms with Gasteiger partial charge in [0.25, 0.3) is 0 Å². The molecule has 2 heterocycles. The lowest BCUT2D eigenvalue weighted by Crippen LogP contribution is -2.33. The lowest BCUT2D eigenvalue weighted by molar-refractivity contribution is -0.179. The van der Waals surface area contributed by atoms with E-state index in [2.05, 4.69) is 9.97 Å². The predicted molar refractivity (Wildman–Crippen MR) is 93.4 cm³/mol. The number of para-hydroxylation sites is 1. The molecule has 5 heteroatoms. The second-order valence-corrected chi connectivity index (χ2v) is 7.13. The van der Waals surface area contributed by atoms with E-state index in [1.54, 1.807) is 18.3 Å². The molecule has 0 saturated carbocycles. The van der Waals surface area contributed by atoms with Gasteiger partial charge in [-0.15, -0.1) is 0 Å². The van der Waals surface area contributed by atoms with Crippen molar-refractivity contribution in [3.63, 3.8) is 0 Å². The fourth-order valence-corrected chi connectivity index (χ4v) is 3.30. The number of aromatic amines is 1. The lowest BCUT2D eigenvalue weighted by atomic mass is 9.78. The number of halogens is 3. The van der Waals surface area contributed by atoms with Gasteiger partial charge in [-0.25, -0.2) is 0 Å². The Labute approximate surface area is 145 Å². The Kier molecular flexibility index (Phi) is 4.58. The topological polar surface area (TPSA) is 28.7 Å². The number of benzene rings is 1. The van der Waals surface area contributed by atoms with Crippen molar-refractivity contribution in [2.24, 2.45) is 5.92 Å². The van der Waals surface area contributed by atoms with Crippen molar-refractivity contribution in [1.29, 1.82) is 0 Å². The molecule has 2 aromatic heterocycles. The number of nitrogens with zero attached hydrogens (tertiary/aromatic N) is 1. The van der Waals surface area contributed by atoms with Crippen LogP contribution >= 0.6 is 0 Å². The quantitative estimate of drug-likeness (QED) is 0.635. The molecule has 0 bridgehead atoms. The third kappa shape index (κ3) is 4.03. The van der Waals surface area contributed by atoms with Crippen LogP contribution in [0.15, 0.2) is 54.7 Å². The zero-order chi connectivity index (χ0) is 18.1. The SMILES string of the molecule is CC(C)(CC(Cc1cc2ccccc2[nH]1)C(F)(F)F)c1ccccn1. The highest BCUT2D eigenvalue weighted by atomic mass is 19.4. The van der Waals surface area contributed by atoms with Crippen LogP contribution in [0.1, 0.15) is 31.7 Å². The number of pyridine rings is 1. The van der Waals surface area contributed by atoms with Crippen LogP contribution in [0.3, 0.4) is 0 Å². The highest BCUT2D eigenvalue weighted by molar-refractivity contribution is 5.80. The molecule has 0 spiro atoms. The monoisotopic (exact) mass is 346 g/mol. The van der Waals surface area contributed by atoms with Crippen molar-refractivity contribution in [3.8, 4) is 0 Å². The van der Waals surface area contributed by atoms with Crippen LogP contribution in [0.5, 0.6) is 0 Å². The Morgan fingerprint density at radius 2 is 1.76 bits per heavy atom. The van der Waals surface area contributed by atoms with Gasteiger partial charge in [0.05, 0.1) is 5.92 Å². The van der Waals surface area contributed by atoms with Gasteiger partial charge in [0, 0.05) is 28.5 Å². The Hall–Kier alpha value is -2.30. The van der Waals surface area contributed by atoms with Crippen LogP contribution in [0.2, 0.25) is 0 Å². The third-order valence-electron chi connectivity index (χ3n) is 4.63. The minimum atomic E-state index is -4.26. The molecule has 0 aliphatic rings. The summed E-state index contributed by atoms with van der Waals surface area (Å²) in [6.07, 6.45) is -2.71. The standard InChI is InChI=1S/C20H21F3N2/c1-19(2,18-9-5-6-10-24-18)13-15(20(21,22)23)12-16-11-14-7-3-4-8-17(14)25-16/h3-11,15,25H,12-13H2,1-2H3. The van der Waals surface area contributed by atoms with E-state index >= 15 is 0 Å². The van der Waals surface area contributed by atoms with Crippen LogP contribution in [0, 0.1) is 5.92 Å². The summed E-state index contributed by atoms with van der Waals surface area (Å²) in [5.74, 6) is -1.43. The van der Waals surface area contributed by atoms with Crippen LogP contribution in [-0.4, -0.2) is 16.1 Å². The second-order valence-electron chi connectivity index (χ2n) is 7.13. The highest BCUT2D eigenvalue weighted by Gasteiger charge is 2.43. The molecule has 1 unspecified atom stereocenters. The molecule has 0 aliphatic heterocycles. The van der Waals surface area contributed by atoms with Crippen LogP contribution in [0.25, 0.3) is 10.9 Å². The number of hydrogen-bond donors (Lipinski definition) is 1. The Bertz CT molecular complexity index is 802. The molecule has 0 radical (unpaired) electrons. The van der Waals surface area contributed by atoms with E-state index in [1.165, 1.54) is 0 Å². The van der Waals surface area contributed by atoms with Crippen molar-refractivity contribution >= 4 is 10.9 Å². The van der Waals surface area contributed by atoms with E-state index in [-0.39, 0.29) is 12.8 Å². The van der Waals surface area contributed by atoms with Gasteiger partial charge >= 0.3 is 6.18 Å². The molecule has 132 valence electrons. The number of alkyl halides is 3. The Morgan fingerprint density at radius 1 is 1.04 bits per heavy atom. The summed E-state index contributed by atoms with van der Waals surface area (Å²) in [4.78, 5) is 7.36. The molecule has 0 aliphatic carbocycles. The summed E-state index contributed by atoms with van der Waals surface area (Å²) < 4.78 is 41.0. The maximum atomic E-state index is 13.7. The number of nitrogens with one attached hydrogen (secondary N) is 1. The third-order valence-corrected chi connectivity index (χ3v) is 4.63. The minimum Gasteiger partial charge on any atom is -0.358 e. The van der Waals surface area contributed by atoms with Gasteiger partial charge in [0.2, 0.25) is 0 Å². The van der Waals surface area contributed by atoms with Crippen molar-refractivity contribution in [2.75, 3.05) is 0 Å². The summed E-state index contributed by atoms with van der Waals surface area (Å²) in [5, 5.41) is 0.933. The maximum Gasteiger partial charge on any atom is 0.392 e. The first-order valence-corrected chi connectivity index (χ1v) is 8.30. The second kappa shape index (κ2) is 6.54. The zero-order valence-corrected chi connectivity index (χ0v) is 14.3. The summed E-state index contributed by atoms with van der Waals surface area (Å²) >= 11 is 0. The first kappa shape index (κ1) is 17.5. The molecule has 0 saturated heterocycles. The average molecular weight is 346 g/mol. The normalized spacial score (nSPS) is 14.0. The molecule has 3 aromatic rings. The van der Waals surface area contributed by atoms with Gasteiger partial charge in [-0.3, -0.25) is 4.98 Å². The minimum absolute atomic E-state index is 0.0110. The van der Waals surface area contributed by atoms with Gasteiger partial charge in [-0.1, -0.05) is 38.1 Å². The molecule has 2 nitrogen and oxygen atoms in total. The van der Waals surface area contributed by atoms with Gasteiger partial charge < -0.3 is 4.98 Å². The fourth-order valence-electron chi connectivity index (χ4n) is 3.30. The molecule has 0 fully saturated rings. The van der Waals surface area contributed by atoms with E-state index in [1.807, 2.05) is 50.2 Å². The van der Waals surface area contributed by atoms with Crippen LogP contribution in [-0.2, 0) is 11.8 Å². The first-order valence-electron chi connectivity index (χ1n) is 8.30. The number of aromatic nitrogens is 2. The maximum absolute atomic E-state index is 13.7. The molecular formula is C20H21F3N2. The van der Waals surface area contributed by atoms with Crippen LogP contribution < -0.4 is 0 Å². The number of fused-ring (bicyclic) bond motifs is 1. The largest absolute Gasteiger partial charge is 0.392 e. The van der Waals surface area contributed by atoms with Gasteiger partial charge in [-0.2, -0.15) is 13.2 Å². The van der Waals surface area contributed by atoms with Gasteiger partial charge in [0.1, 0.15) is 0 Å². The van der Waals surface area contributed by atoms with E-state index in [0.29, 0.717) is 11.4 Å². The predicted octanol–water partition coefficient (Wildman–Crippen LogP) is 5.65. The van der Waals surface area contributed by atoms with Gasteiger partial charge in [-0.05, 0) is 42.5 Å². The van der Waals surface area contributed by atoms with Crippen molar-refractivity contribution in [3.05, 3.63) is 66.1 Å². The Balaban J connectivity index is 1.85. The van der Waals surface area contributed by atoms with Crippen molar-refractivity contribution in [2.45, 2.75) is 38.3 Å². The van der Waals surface area contributed by atoms with Crippen molar-refractivity contribution in [1.82, 2.24) is 9.97 Å². The number of H-pyrrole nitrogens is 1.